The number of phenolic OH excluding ortho intramolecular Hbond substituents is 1. The minimum atomic E-state index is -3.57. The molecule has 5 N–H and O–H groups in total. The van der Waals surface area contributed by atoms with Gasteiger partial charge in [-0.2, -0.15) is 0 Å². The molecule has 0 aliphatic carbocycles. The van der Waals surface area contributed by atoms with E-state index >= 15 is 0 Å². The van der Waals surface area contributed by atoms with Crippen LogP contribution < -0.4 is 10.0 Å². The van der Waals surface area contributed by atoms with Gasteiger partial charge in [0.05, 0.1) is 18.0 Å². The Morgan fingerprint density at radius 3 is 2.42 bits per heavy atom. The lowest BCUT2D eigenvalue weighted by atomic mass is 10.0. The van der Waals surface area contributed by atoms with Crippen LogP contribution in [0.5, 0.6) is 5.75 Å². The molecule has 0 radical (unpaired) electrons. The third-order valence-corrected chi connectivity index (χ3v) is 12.1. The van der Waals surface area contributed by atoms with Gasteiger partial charge in [-0.1, -0.05) is 32.9 Å². The van der Waals surface area contributed by atoms with Crippen LogP contribution in [0.2, 0.25) is 18.1 Å². The third-order valence-electron chi connectivity index (χ3n) is 7.04. The number of aromatic hydroxyl groups is 1. The molecule has 0 saturated heterocycles. The molecule has 11 heteroatoms. The van der Waals surface area contributed by atoms with Crippen molar-refractivity contribution in [2.75, 3.05) is 17.5 Å². The Morgan fingerprint density at radius 1 is 1.13 bits per heavy atom. The van der Waals surface area contributed by atoms with Gasteiger partial charge in [-0.25, -0.2) is 13.2 Å². The molecule has 1 heterocycles. The molecule has 38 heavy (non-hydrogen) atoms. The zero-order valence-electron chi connectivity index (χ0n) is 23.0. The molecule has 0 fully saturated rings. The van der Waals surface area contributed by atoms with E-state index < -0.39 is 24.3 Å². The highest BCUT2D eigenvalue weighted by Gasteiger charge is 2.39. The number of hydrogen-bond acceptors (Lipinski definition) is 6. The van der Waals surface area contributed by atoms with Crippen molar-refractivity contribution in [1.29, 1.82) is 0 Å². The van der Waals surface area contributed by atoms with Crippen molar-refractivity contribution in [1.82, 2.24) is 10.3 Å². The van der Waals surface area contributed by atoms with E-state index in [0.29, 0.717) is 13.0 Å². The zero-order valence-corrected chi connectivity index (χ0v) is 24.9. The molecule has 3 aromatic rings. The van der Waals surface area contributed by atoms with E-state index in [0.717, 1.165) is 28.3 Å². The summed E-state index contributed by atoms with van der Waals surface area (Å²) in [5.74, 6) is -1.15. The summed E-state index contributed by atoms with van der Waals surface area (Å²) in [7, 11) is -5.78. The number of sulfonamides is 1. The fraction of sp³-hybridized carbons (Fsp3) is 0.444. The number of benzene rings is 2. The minimum Gasteiger partial charge on any atom is -0.506 e. The third kappa shape index (κ3) is 7.59. The first-order valence-corrected chi connectivity index (χ1v) is 17.3. The molecule has 0 aliphatic heterocycles. The number of aromatic amines is 1. The Kier molecular flexibility index (Phi) is 8.66. The first kappa shape index (κ1) is 29.7. The van der Waals surface area contributed by atoms with Crippen molar-refractivity contribution < 1.29 is 27.9 Å². The number of carbonyl (C=O) groups is 1. The van der Waals surface area contributed by atoms with Crippen molar-refractivity contribution in [3.05, 3.63) is 59.3 Å². The van der Waals surface area contributed by atoms with E-state index in [4.69, 9.17) is 4.43 Å². The normalized spacial score (nSPS) is 14.4. The Balaban J connectivity index is 1.81. The van der Waals surface area contributed by atoms with Gasteiger partial charge in [-0.3, -0.25) is 4.72 Å². The standard InChI is InChI=1S/C27H39N3O6SSi/c1-17(12-18-8-10-21-20(13-18)15-23(29-21)26(32)33)28-16-25(36-38(6,7)27(2,3)4)19-9-11-24(31)22(14-19)30-37(5,34)35/h8-11,13-15,17,25,28-31H,12,16H2,1-7H3,(H,32,33). The van der Waals surface area contributed by atoms with E-state index in [9.17, 15) is 23.4 Å². The van der Waals surface area contributed by atoms with Gasteiger partial charge < -0.3 is 24.9 Å². The fourth-order valence-electron chi connectivity index (χ4n) is 3.95. The second-order valence-corrected chi connectivity index (χ2v) is 17.9. The lowest BCUT2D eigenvalue weighted by Gasteiger charge is -2.40. The van der Waals surface area contributed by atoms with Gasteiger partial charge in [0.2, 0.25) is 10.0 Å². The van der Waals surface area contributed by atoms with Crippen LogP contribution in [0.4, 0.5) is 5.69 Å². The van der Waals surface area contributed by atoms with Crippen LogP contribution in [0.25, 0.3) is 10.9 Å². The van der Waals surface area contributed by atoms with Crippen LogP contribution in [0.3, 0.4) is 0 Å². The van der Waals surface area contributed by atoms with Crippen LogP contribution in [0, 0.1) is 0 Å². The van der Waals surface area contributed by atoms with Gasteiger partial charge in [0, 0.05) is 23.5 Å². The molecule has 2 aromatic carbocycles. The number of aromatic carboxylic acids is 1. The monoisotopic (exact) mass is 561 g/mol. The van der Waals surface area contributed by atoms with Crippen molar-refractivity contribution >= 4 is 40.9 Å². The number of hydrogen-bond donors (Lipinski definition) is 5. The van der Waals surface area contributed by atoms with E-state index in [1.54, 1.807) is 18.2 Å². The van der Waals surface area contributed by atoms with Gasteiger partial charge >= 0.3 is 5.97 Å². The highest BCUT2D eigenvalue weighted by molar-refractivity contribution is 7.92. The quantitative estimate of drug-likeness (QED) is 0.159. The maximum absolute atomic E-state index is 11.8. The smallest absolute Gasteiger partial charge is 0.352 e. The summed E-state index contributed by atoms with van der Waals surface area (Å²) in [4.78, 5) is 14.2. The average molecular weight is 562 g/mol. The lowest BCUT2D eigenvalue weighted by molar-refractivity contribution is 0.0691. The van der Waals surface area contributed by atoms with Crippen molar-refractivity contribution in [3.8, 4) is 5.75 Å². The lowest BCUT2D eigenvalue weighted by Crippen LogP contribution is -2.44. The number of phenols is 1. The molecule has 2 atom stereocenters. The number of carboxylic acid groups (broad SMARTS) is 1. The van der Waals surface area contributed by atoms with Crippen molar-refractivity contribution in [3.63, 3.8) is 0 Å². The Bertz CT molecular complexity index is 1410. The van der Waals surface area contributed by atoms with Crippen LogP contribution in [-0.2, 0) is 20.9 Å². The largest absolute Gasteiger partial charge is 0.506 e. The Labute approximate surface area is 225 Å². The van der Waals surface area contributed by atoms with E-state index in [2.05, 4.69) is 55.8 Å². The topological polar surface area (TPSA) is 141 Å². The molecule has 208 valence electrons. The maximum Gasteiger partial charge on any atom is 0.352 e. The number of anilines is 1. The zero-order chi connectivity index (χ0) is 28.5. The van der Waals surface area contributed by atoms with Crippen LogP contribution >= 0.6 is 0 Å². The molecule has 0 bridgehead atoms. The van der Waals surface area contributed by atoms with E-state index in [-0.39, 0.29) is 34.3 Å². The summed E-state index contributed by atoms with van der Waals surface area (Å²) >= 11 is 0. The number of nitrogens with one attached hydrogen (secondary N) is 3. The second kappa shape index (κ2) is 11.1. The fourth-order valence-corrected chi connectivity index (χ4v) is 5.80. The molecule has 0 amide bonds. The molecular weight excluding hydrogens is 522 g/mol. The van der Waals surface area contributed by atoms with Gasteiger partial charge in [0.25, 0.3) is 0 Å². The second-order valence-electron chi connectivity index (χ2n) is 11.4. The van der Waals surface area contributed by atoms with Crippen LogP contribution in [0.15, 0.2) is 42.5 Å². The molecule has 0 spiro atoms. The first-order valence-electron chi connectivity index (χ1n) is 12.5. The highest BCUT2D eigenvalue weighted by Crippen LogP contribution is 2.40. The maximum atomic E-state index is 11.8. The molecule has 0 aliphatic rings. The summed E-state index contributed by atoms with van der Waals surface area (Å²) in [6.45, 7) is 13.4. The molecule has 9 nitrogen and oxygen atoms in total. The van der Waals surface area contributed by atoms with Crippen molar-refractivity contribution in [2.24, 2.45) is 0 Å². The van der Waals surface area contributed by atoms with Gasteiger partial charge in [0.15, 0.2) is 8.32 Å². The molecular formula is C27H39N3O6SSi. The van der Waals surface area contributed by atoms with Crippen LogP contribution in [-0.4, -0.2) is 56.7 Å². The predicted molar refractivity (Wildman–Crippen MR) is 154 cm³/mol. The molecule has 1 aromatic heterocycles. The number of fused-ring (bicyclic) bond motifs is 1. The first-order chi connectivity index (χ1) is 17.4. The summed E-state index contributed by atoms with van der Waals surface area (Å²) < 4.78 is 32.8. The number of aromatic nitrogens is 1. The Morgan fingerprint density at radius 2 is 1.82 bits per heavy atom. The molecule has 3 rings (SSSR count). The molecule has 2 unspecified atom stereocenters. The SMILES string of the molecule is CC(Cc1ccc2[nH]c(C(=O)O)cc2c1)NCC(O[Si](C)(C)C(C)(C)C)c1ccc(O)c(NS(C)(=O)=O)c1. The summed E-state index contributed by atoms with van der Waals surface area (Å²) in [6.07, 6.45) is 1.39. The predicted octanol–water partition coefficient (Wildman–Crippen LogP) is 5.23. The van der Waals surface area contributed by atoms with Gasteiger partial charge in [0.1, 0.15) is 11.4 Å². The highest BCUT2D eigenvalue weighted by atomic mass is 32.2. The Hall–Kier alpha value is -2.86. The number of H-pyrrole nitrogens is 1. The van der Waals surface area contributed by atoms with Gasteiger partial charge in [-0.15, -0.1) is 0 Å². The average Bonchev–Trinajstić information content (AvgIpc) is 3.20. The summed E-state index contributed by atoms with van der Waals surface area (Å²) in [5.41, 5.74) is 2.88. The van der Waals surface area contributed by atoms with Crippen molar-refractivity contribution in [2.45, 2.75) is 64.4 Å². The van der Waals surface area contributed by atoms with E-state index in [1.165, 1.54) is 6.07 Å². The molecule has 0 saturated carbocycles. The van der Waals surface area contributed by atoms with E-state index in [1.807, 2.05) is 18.2 Å². The minimum absolute atomic E-state index is 0.0393. The van der Waals surface area contributed by atoms with Crippen LogP contribution in [0.1, 0.15) is 55.4 Å². The summed E-state index contributed by atoms with van der Waals surface area (Å²) in [6, 6.07) is 12.4. The number of carboxylic acids is 1. The summed E-state index contributed by atoms with van der Waals surface area (Å²) in [5, 5.41) is 23.8. The number of rotatable bonds is 11. The van der Waals surface area contributed by atoms with Gasteiger partial charge in [-0.05, 0) is 72.9 Å².